The molecule has 24 heavy (non-hydrogen) atoms. The largest absolute Gasteiger partial charge is 0.403 e. The molecule has 0 radical (unpaired) electrons. The summed E-state index contributed by atoms with van der Waals surface area (Å²) in [6, 6.07) is 5.20. The molecule has 1 atom stereocenters. The van der Waals surface area contributed by atoms with Crippen molar-refractivity contribution in [1.82, 2.24) is 9.88 Å². The molecule has 2 heterocycles. The van der Waals surface area contributed by atoms with Gasteiger partial charge in [-0.05, 0) is 26.0 Å². The van der Waals surface area contributed by atoms with Gasteiger partial charge in [0.05, 0.1) is 0 Å². The van der Waals surface area contributed by atoms with Crippen molar-refractivity contribution >= 4 is 16.6 Å². The highest BCUT2D eigenvalue weighted by Crippen LogP contribution is 2.30. The van der Waals surface area contributed by atoms with E-state index in [1.807, 2.05) is 11.0 Å². The highest BCUT2D eigenvalue weighted by atomic mass is 19.4. The first-order valence-electron chi connectivity index (χ1n) is 7.89. The third-order valence-electron chi connectivity index (χ3n) is 4.57. The van der Waals surface area contributed by atoms with Crippen LogP contribution >= 0.6 is 0 Å². The van der Waals surface area contributed by atoms with E-state index in [1.54, 1.807) is 19.1 Å². The van der Waals surface area contributed by atoms with Gasteiger partial charge in [-0.1, -0.05) is 12.1 Å². The van der Waals surface area contributed by atoms with Crippen molar-refractivity contribution in [3.8, 4) is 0 Å². The Morgan fingerprint density at radius 3 is 2.42 bits per heavy atom. The zero-order valence-electron chi connectivity index (χ0n) is 13.6. The van der Waals surface area contributed by atoms with Crippen LogP contribution in [0.25, 0.3) is 10.9 Å². The fraction of sp³-hybridized carbons (Fsp3) is 0.471. The molecule has 3 nitrogen and oxygen atoms in total. The minimum atomic E-state index is -4.22. The van der Waals surface area contributed by atoms with Gasteiger partial charge < -0.3 is 4.90 Å². The molecule has 1 fully saturated rings. The number of benzene rings is 1. The number of fused-ring (bicyclic) bond motifs is 1. The van der Waals surface area contributed by atoms with Crippen molar-refractivity contribution in [1.29, 1.82) is 0 Å². The molecule has 7 heteroatoms. The topological polar surface area (TPSA) is 19.4 Å². The second kappa shape index (κ2) is 6.20. The Morgan fingerprint density at radius 2 is 1.79 bits per heavy atom. The first-order chi connectivity index (χ1) is 11.3. The summed E-state index contributed by atoms with van der Waals surface area (Å²) in [6.45, 7) is 4.55. The number of piperazine rings is 1. The first-order valence-corrected chi connectivity index (χ1v) is 7.89. The molecule has 1 aromatic heterocycles. The maximum Gasteiger partial charge on any atom is 0.403 e. The lowest BCUT2D eigenvalue weighted by Gasteiger charge is -2.39. The zero-order valence-corrected chi connectivity index (χ0v) is 13.6. The van der Waals surface area contributed by atoms with Gasteiger partial charge in [-0.3, -0.25) is 4.90 Å². The number of anilines is 1. The molecule has 1 aromatic carbocycles. The molecule has 0 aliphatic carbocycles. The summed E-state index contributed by atoms with van der Waals surface area (Å²) in [4.78, 5) is 7.69. The van der Waals surface area contributed by atoms with Gasteiger partial charge in [0.2, 0.25) is 0 Å². The number of hydrogen-bond donors (Lipinski definition) is 0. The number of aromatic nitrogens is 1. The summed E-state index contributed by atoms with van der Waals surface area (Å²) in [5.41, 5.74) is 1.82. The van der Waals surface area contributed by atoms with Crippen molar-refractivity contribution in [2.75, 3.05) is 31.1 Å². The Labute approximate surface area is 137 Å². The van der Waals surface area contributed by atoms with Crippen LogP contribution in [-0.4, -0.2) is 48.3 Å². The minimum Gasteiger partial charge on any atom is -0.368 e. The number of aryl methyl sites for hydroxylation is 1. The average molecular weight is 341 g/mol. The molecule has 1 aliphatic heterocycles. The molecule has 0 bridgehead atoms. The van der Waals surface area contributed by atoms with E-state index in [4.69, 9.17) is 0 Å². The Bertz CT molecular complexity index is 736. The molecule has 0 spiro atoms. The van der Waals surface area contributed by atoms with E-state index in [0.717, 1.165) is 5.69 Å². The van der Waals surface area contributed by atoms with Crippen LogP contribution in [0.1, 0.15) is 12.6 Å². The SMILES string of the molecule is Cc1cc(N2CCN(C(C)C(F)(F)F)CC2)c2cccc(F)c2n1. The fourth-order valence-electron chi connectivity index (χ4n) is 3.14. The van der Waals surface area contributed by atoms with E-state index in [2.05, 4.69) is 4.98 Å². The summed E-state index contributed by atoms with van der Waals surface area (Å²) in [5, 5.41) is 0.693. The van der Waals surface area contributed by atoms with Crippen molar-refractivity contribution in [3.05, 3.63) is 35.8 Å². The second-order valence-corrected chi connectivity index (χ2v) is 6.16. The average Bonchev–Trinajstić information content (AvgIpc) is 2.54. The Kier molecular flexibility index (Phi) is 4.38. The Balaban J connectivity index is 1.85. The van der Waals surface area contributed by atoms with Gasteiger partial charge in [-0.2, -0.15) is 13.2 Å². The summed E-state index contributed by atoms with van der Waals surface area (Å²) < 4.78 is 52.6. The molecule has 130 valence electrons. The van der Waals surface area contributed by atoms with Gasteiger partial charge in [0.1, 0.15) is 17.4 Å². The maximum absolute atomic E-state index is 14.0. The predicted octanol–water partition coefficient (Wildman–Crippen LogP) is 3.76. The quantitative estimate of drug-likeness (QED) is 0.776. The van der Waals surface area contributed by atoms with Crippen LogP contribution in [0.3, 0.4) is 0 Å². The van der Waals surface area contributed by atoms with Crippen LogP contribution in [0.4, 0.5) is 23.2 Å². The van der Waals surface area contributed by atoms with Gasteiger partial charge >= 0.3 is 6.18 Å². The second-order valence-electron chi connectivity index (χ2n) is 6.16. The van der Waals surface area contributed by atoms with Crippen LogP contribution in [-0.2, 0) is 0 Å². The molecule has 0 amide bonds. The molecule has 0 N–H and O–H groups in total. The number of hydrogen-bond acceptors (Lipinski definition) is 3. The Morgan fingerprint density at radius 1 is 1.12 bits per heavy atom. The van der Waals surface area contributed by atoms with E-state index in [1.165, 1.54) is 17.9 Å². The monoisotopic (exact) mass is 341 g/mol. The Hall–Kier alpha value is -1.89. The zero-order chi connectivity index (χ0) is 17.5. The molecule has 1 aliphatic rings. The molecular weight excluding hydrogens is 322 g/mol. The lowest BCUT2D eigenvalue weighted by molar-refractivity contribution is -0.179. The number of para-hydroxylation sites is 1. The highest BCUT2D eigenvalue weighted by molar-refractivity contribution is 5.92. The number of alkyl halides is 3. The smallest absolute Gasteiger partial charge is 0.368 e. The standard InChI is InChI=1S/C17H19F4N3/c1-11-10-15(13-4-3-5-14(18)16(13)22-11)24-8-6-23(7-9-24)12(2)17(19,20)21/h3-5,10,12H,6-9H2,1-2H3. The minimum absolute atomic E-state index is 0.304. The van der Waals surface area contributed by atoms with E-state index < -0.39 is 12.2 Å². The number of rotatable bonds is 2. The van der Waals surface area contributed by atoms with Crippen LogP contribution in [0.2, 0.25) is 0 Å². The lowest BCUT2D eigenvalue weighted by Crippen LogP contribution is -2.53. The van der Waals surface area contributed by atoms with Crippen LogP contribution in [0, 0.1) is 12.7 Å². The van der Waals surface area contributed by atoms with E-state index in [0.29, 0.717) is 42.8 Å². The number of nitrogens with zero attached hydrogens (tertiary/aromatic N) is 3. The lowest BCUT2D eigenvalue weighted by atomic mass is 10.1. The third-order valence-corrected chi connectivity index (χ3v) is 4.57. The summed E-state index contributed by atoms with van der Waals surface area (Å²) in [7, 11) is 0. The third kappa shape index (κ3) is 3.17. The van der Waals surface area contributed by atoms with Crippen molar-refractivity contribution in [2.45, 2.75) is 26.1 Å². The van der Waals surface area contributed by atoms with Gasteiger partial charge in [0, 0.05) is 42.9 Å². The van der Waals surface area contributed by atoms with Gasteiger partial charge in [-0.15, -0.1) is 0 Å². The van der Waals surface area contributed by atoms with E-state index >= 15 is 0 Å². The number of pyridine rings is 1. The summed E-state index contributed by atoms with van der Waals surface area (Å²) >= 11 is 0. The molecule has 2 aromatic rings. The van der Waals surface area contributed by atoms with Crippen LogP contribution in [0.15, 0.2) is 24.3 Å². The summed E-state index contributed by atoms with van der Waals surface area (Å²) in [5.74, 6) is -0.387. The predicted molar refractivity (Wildman–Crippen MR) is 85.7 cm³/mol. The highest BCUT2D eigenvalue weighted by Gasteiger charge is 2.40. The van der Waals surface area contributed by atoms with Crippen LogP contribution in [0.5, 0.6) is 0 Å². The molecule has 0 saturated carbocycles. The van der Waals surface area contributed by atoms with Crippen molar-refractivity contribution in [2.24, 2.45) is 0 Å². The van der Waals surface area contributed by atoms with E-state index in [9.17, 15) is 17.6 Å². The van der Waals surface area contributed by atoms with Gasteiger partial charge in [0.15, 0.2) is 0 Å². The normalized spacial score (nSPS) is 18.2. The molecule has 1 unspecified atom stereocenters. The first kappa shape index (κ1) is 17.0. The van der Waals surface area contributed by atoms with Crippen molar-refractivity contribution < 1.29 is 17.6 Å². The maximum atomic E-state index is 14.0. The number of halogens is 4. The van der Waals surface area contributed by atoms with E-state index in [-0.39, 0.29) is 5.82 Å². The van der Waals surface area contributed by atoms with Gasteiger partial charge in [0.25, 0.3) is 0 Å². The molecule has 1 saturated heterocycles. The van der Waals surface area contributed by atoms with Gasteiger partial charge in [-0.25, -0.2) is 9.37 Å². The van der Waals surface area contributed by atoms with Crippen molar-refractivity contribution in [3.63, 3.8) is 0 Å². The fourth-order valence-corrected chi connectivity index (χ4v) is 3.14. The molecule has 3 rings (SSSR count). The molecular formula is C17H19F4N3. The van der Waals surface area contributed by atoms with Crippen LogP contribution < -0.4 is 4.90 Å². The summed E-state index contributed by atoms with van der Waals surface area (Å²) in [6.07, 6.45) is -4.22.